The van der Waals surface area contributed by atoms with Crippen LogP contribution in [0.3, 0.4) is 0 Å². The lowest BCUT2D eigenvalue weighted by atomic mass is 10.1. The van der Waals surface area contributed by atoms with Gasteiger partial charge < -0.3 is 9.47 Å². The number of benzene rings is 1. The van der Waals surface area contributed by atoms with Gasteiger partial charge in [0.25, 0.3) is 6.43 Å². The number of carbonyl (C=O) groups is 1. The number of hydrogen-bond donors (Lipinski definition) is 0. The molecule has 0 amide bonds. The molecule has 0 saturated carbocycles. The molecule has 1 saturated heterocycles. The van der Waals surface area contributed by atoms with Crippen molar-refractivity contribution in [3.63, 3.8) is 0 Å². The maximum Gasteiger partial charge on any atom is 0.272 e. The maximum atomic E-state index is 12.1. The Kier molecular flexibility index (Phi) is 5.14. The summed E-state index contributed by atoms with van der Waals surface area (Å²) < 4.78 is 34.8. The van der Waals surface area contributed by atoms with E-state index in [4.69, 9.17) is 9.47 Å². The molecule has 128 valence electrons. The summed E-state index contributed by atoms with van der Waals surface area (Å²) in [7, 11) is 0. The predicted octanol–water partition coefficient (Wildman–Crippen LogP) is 3.10. The van der Waals surface area contributed by atoms with Crippen molar-refractivity contribution in [3.05, 3.63) is 30.0 Å². The molecular weight excluding hydrogens is 320 g/mol. The molecule has 0 radical (unpaired) electrons. The van der Waals surface area contributed by atoms with Crippen LogP contribution in [0.4, 0.5) is 8.78 Å². The van der Waals surface area contributed by atoms with Crippen molar-refractivity contribution >= 4 is 6.29 Å². The van der Waals surface area contributed by atoms with Gasteiger partial charge in [-0.25, -0.2) is 8.78 Å². The smallest absolute Gasteiger partial charge is 0.272 e. The molecule has 1 aromatic heterocycles. The van der Waals surface area contributed by atoms with Gasteiger partial charge in [-0.15, -0.1) is 10.2 Å². The second-order valence-electron chi connectivity index (χ2n) is 5.42. The van der Waals surface area contributed by atoms with Gasteiger partial charge in [0.15, 0.2) is 18.2 Å². The Balaban J connectivity index is 1.80. The number of carbonyl (C=O) groups excluding carboxylic acids is 1. The van der Waals surface area contributed by atoms with E-state index in [0.717, 1.165) is 19.3 Å². The Morgan fingerprint density at radius 1 is 1.29 bits per heavy atom. The predicted molar refractivity (Wildman–Crippen MR) is 81.2 cm³/mol. The molecule has 1 aromatic carbocycles. The fraction of sp³-hybridized carbons (Fsp3) is 0.438. The highest BCUT2D eigenvalue weighted by Gasteiger charge is 2.21. The van der Waals surface area contributed by atoms with E-state index in [2.05, 4.69) is 10.2 Å². The average molecular weight is 337 g/mol. The molecule has 0 N–H and O–H groups in total. The summed E-state index contributed by atoms with van der Waals surface area (Å²) in [5.41, 5.74) is 1.30. The van der Waals surface area contributed by atoms with Gasteiger partial charge in [0, 0.05) is 12.2 Å². The fourth-order valence-corrected chi connectivity index (χ4v) is 2.52. The van der Waals surface area contributed by atoms with E-state index in [-0.39, 0.29) is 11.9 Å². The summed E-state index contributed by atoms with van der Waals surface area (Å²) >= 11 is 0. The van der Waals surface area contributed by atoms with Crippen LogP contribution in [0, 0.1) is 0 Å². The summed E-state index contributed by atoms with van der Waals surface area (Å²) in [5.74, 6) is 0.328. The Morgan fingerprint density at radius 2 is 2.08 bits per heavy atom. The van der Waals surface area contributed by atoms with Crippen molar-refractivity contribution < 1.29 is 23.0 Å². The van der Waals surface area contributed by atoms with Gasteiger partial charge in [-0.2, -0.15) is 4.80 Å². The molecule has 2 heterocycles. The molecular formula is C16H17F2N3O3. The van der Waals surface area contributed by atoms with E-state index in [1.165, 1.54) is 4.80 Å². The minimum Gasteiger partial charge on any atom is -0.488 e. The van der Waals surface area contributed by atoms with Gasteiger partial charge in [-0.3, -0.25) is 4.79 Å². The number of nitrogens with zero attached hydrogens (tertiary/aromatic N) is 3. The number of halogens is 2. The lowest BCUT2D eigenvalue weighted by molar-refractivity contribution is -0.0480. The number of aromatic nitrogens is 3. The Bertz CT molecular complexity index is 682. The standard InChI is InChI=1S/C16H17F2N3O3/c17-14(18)10-24-12-6-4-11(5-7-12)16-13(9-22)19-21(20-16)15-3-1-2-8-23-15/h4-7,9,14-15H,1-3,8,10H2. The van der Waals surface area contributed by atoms with Crippen molar-refractivity contribution in [1.29, 1.82) is 0 Å². The van der Waals surface area contributed by atoms with E-state index >= 15 is 0 Å². The largest absolute Gasteiger partial charge is 0.488 e. The number of ether oxygens (including phenoxy) is 2. The molecule has 1 aliphatic heterocycles. The van der Waals surface area contributed by atoms with Crippen LogP contribution in [0.2, 0.25) is 0 Å². The third kappa shape index (κ3) is 3.76. The number of aldehydes is 1. The highest BCUT2D eigenvalue weighted by atomic mass is 19.3. The Hall–Kier alpha value is -2.35. The summed E-state index contributed by atoms with van der Waals surface area (Å²) in [6.45, 7) is -0.0116. The number of rotatable bonds is 6. The minimum absolute atomic E-state index is 0.213. The monoisotopic (exact) mass is 337 g/mol. The van der Waals surface area contributed by atoms with Crippen LogP contribution >= 0.6 is 0 Å². The third-order valence-corrected chi connectivity index (χ3v) is 3.68. The molecule has 2 aromatic rings. The number of hydrogen-bond acceptors (Lipinski definition) is 5. The van der Waals surface area contributed by atoms with Crippen LogP contribution in [0.15, 0.2) is 24.3 Å². The summed E-state index contributed by atoms with van der Waals surface area (Å²) in [5, 5.41) is 8.56. The zero-order chi connectivity index (χ0) is 16.9. The van der Waals surface area contributed by atoms with Gasteiger partial charge in [-0.1, -0.05) is 0 Å². The third-order valence-electron chi connectivity index (χ3n) is 3.68. The van der Waals surface area contributed by atoms with Crippen molar-refractivity contribution in [2.75, 3.05) is 13.2 Å². The lowest BCUT2D eigenvalue weighted by Gasteiger charge is -2.21. The van der Waals surface area contributed by atoms with Gasteiger partial charge >= 0.3 is 0 Å². The van der Waals surface area contributed by atoms with E-state index in [0.29, 0.717) is 29.9 Å². The van der Waals surface area contributed by atoms with Crippen LogP contribution < -0.4 is 4.74 Å². The summed E-state index contributed by atoms with van der Waals surface area (Å²) in [4.78, 5) is 12.7. The van der Waals surface area contributed by atoms with Gasteiger partial charge in [0.2, 0.25) is 0 Å². The van der Waals surface area contributed by atoms with E-state index in [9.17, 15) is 13.6 Å². The molecule has 1 aliphatic rings. The van der Waals surface area contributed by atoms with E-state index < -0.39 is 13.0 Å². The Morgan fingerprint density at radius 3 is 2.71 bits per heavy atom. The topological polar surface area (TPSA) is 66.2 Å². The average Bonchev–Trinajstić information content (AvgIpc) is 3.05. The van der Waals surface area contributed by atoms with E-state index in [1.807, 2.05) is 0 Å². The van der Waals surface area contributed by atoms with Crippen molar-refractivity contribution in [3.8, 4) is 17.0 Å². The summed E-state index contributed by atoms with van der Waals surface area (Å²) in [6.07, 6.45) is 0.677. The highest BCUT2D eigenvalue weighted by molar-refractivity contribution is 5.82. The van der Waals surface area contributed by atoms with Crippen LogP contribution in [0.25, 0.3) is 11.3 Å². The normalized spacial score (nSPS) is 17.9. The van der Waals surface area contributed by atoms with Crippen molar-refractivity contribution in [2.45, 2.75) is 31.9 Å². The van der Waals surface area contributed by atoms with Crippen LogP contribution in [0.1, 0.15) is 36.0 Å². The number of alkyl halides is 2. The SMILES string of the molecule is O=Cc1nn(C2CCCCO2)nc1-c1ccc(OCC(F)F)cc1. The molecule has 0 bridgehead atoms. The molecule has 1 atom stereocenters. The Labute approximate surface area is 137 Å². The highest BCUT2D eigenvalue weighted by Crippen LogP contribution is 2.26. The van der Waals surface area contributed by atoms with Gasteiger partial charge in [0.05, 0.1) is 0 Å². The first-order valence-corrected chi connectivity index (χ1v) is 7.72. The molecule has 0 aliphatic carbocycles. The molecule has 8 heteroatoms. The van der Waals surface area contributed by atoms with Crippen LogP contribution in [-0.4, -0.2) is 40.9 Å². The minimum atomic E-state index is -2.53. The first-order chi connectivity index (χ1) is 11.7. The quantitative estimate of drug-likeness (QED) is 0.758. The van der Waals surface area contributed by atoms with Gasteiger partial charge in [0.1, 0.15) is 18.1 Å². The lowest BCUT2D eigenvalue weighted by Crippen LogP contribution is -2.20. The molecule has 0 spiro atoms. The first kappa shape index (κ1) is 16.5. The molecule has 3 rings (SSSR count). The maximum absolute atomic E-state index is 12.1. The molecule has 24 heavy (non-hydrogen) atoms. The van der Waals surface area contributed by atoms with E-state index in [1.54, 1.807) is 24.3 Å². The fourth-order valence-electron chi connectivity index (χ4n) is 2.52. The van der Waals surface area contributed by atoms with Gasteiger partial charge in [-0.05, 0) is 43.5 Å². The molecule has 6 nitrogen and oxygen atoms in total. The first-order valence-electron chi connectivity index (χ1n) is 7.72. The second-order valence-corrected chi connectivity index (χ2v) is 5.42. The molecule has 1 unspecified atom stereocenters. The molecule has 1 fully saturated rings. The zero-order valence-corrected chi connectivity index (χ0v) is 12.9. The van der Waals surface area contributed by atoms with Crippen molar-refractivity contribution in [1.82, 2.24) is 15.0 Å². The summed E-state index contributed by atoms with van der Waals surface area (Å²) in [6, 6.07) is 6.43. The van der Waals surface area contributed by atoms with Crippen LogP contribution in [-0.2, 0) is 4.74 Å². The van der Waals surface area contributed by atoms with Crippen LogP contribution in [0.5, 0.6) is 5.75 Å². The zero-order valence-electron chi connectivity index (χ0n) is 12.9. The second kappa shape index (κ2) is 7.48. The van der Waals surface area contributed by atoms with Crippen molar-refractivity contribution in [2.24, 2.45) is 0 Å².